The van der Waals surface area contributed by atoms with Gasteiger partial charge < -0.3 is 10.1 Å². The molecule has 0 radical (unpaired) electrons. The van der Waals surface area contributed by atoms with Crippen molar-refractivity contribution in [2.45, 2.75) is 40.2 Å². The molecule has 0 aliphatic rings. The first-order valence-electron chi connectivity index (χ1n) is 7.05. The highest BCUT2D eigenvalue weighted by molar-refractivity contribution is 9.10. The van der Waals surface area contributed by atoms with Crippen LogP contribution in [0.25, 0.3) is 0 Å². The van der Waals surface area contributed by atoms with Crippen molar-refractivity contribution in [1.29, 1.82) is 0 Å². The third-order valence-electron chi connectivity index (χ3n) is 3.06. The van der Waals surface area contributed by atoms with Gasteiger partial charge in [-0.3, -0.25) is 4.68 Å². The van der Waals surface area contributed by atoms with E-state index in [-0.39, 0.29) is 0 Å². The SMILES string of the molecule is CCc1nn(C)c(CNCCOCCC(C)C)c1Br. The zero-order chi connectivity index (χ0) is 14.3. The van der Waals surface area contributed by atoms with E-state index in [9.17, 15) is 0 Å². The number of hydrogen-bond acceptors (Lipinski definition) is 3. The van der Waals surface area contributed by atoms with Crippen LogP contribution < -0.4 is 5.32 Å². The van der Waals surface area contributed by atoms with Gasteiger partial charge in [-0.15, -0.1) is 0 Å². The Bertz CT molecular complexity index is 377. The van der Waals surface area contributed by atoms with Crippen molar-refractivity contribution < 1.29 is 4.74 Å². The smallest absolute Gasteiger partial charge is 0.0767 e. The van der Waals surface area contributed by atoms with Crippen molar-refractivity contribution >= 4 is 15.9 Å². The van der Waals surface area contributed by atoms with E-state index < -0.39 is 0 Å². The Morgan fingerprint density at radius 2 is 2.11 bits per heavy atom. The van der Waals surface area contributed by atoms with Crippen LogP contribution in [0.2, 0.25) is 0 Å². The van der Waals surface area contributed by atoms with Crippen LogP contribution in [0.1, 0.15) is 38.6 Å². The molecule has 0 unspecified atom stereocenters. The molecule has 0 fully saturated rings. The number of nitrogens with one attached hydrogen (secondary N) is 1. The molecule has 4 nitrogen and oxygen atoms in total. The predicted molar refractivity (Wildman–Crippen MR) is 82.3 cm³/mol. The first-order chi connectivity index (χ1) is 9.06. The van der Waals surface area contributed by atoms with Crippen molar-refractivity contribution in [3.8, 4) is 0 Å². The summed E-state index contributed by atoms with van der Waals surface area (Å²) in [5.41, 5.74) is 2.31. The molecule has 1 aromatic rings. The van der Waals surface area contributed by atoms with Gasteiger partial charge in [-0.1, -0.05) is 20.8 Å². The lowest BCUT2D eigenvalue weighted by atomic mass is 10.1. The predicted octanol–water partition coefficient (Wildman–Crippen LogP) is 2.90. The summed E-state index contributed by atoms with van der Waals surface area (Å²) in [6, 6.07) is 0. The van der Waals surface area contributed by atoms with Crippen molar-refractivity contribution in [3.63, 3.8) is 0 Å². The van der Waals surface area contributed by atoms with Crippen molar-refractivity contribution in [1.82, 2.24) is 15.1 Å². The van der Waals surface area contributed by atoms with Gasteiger partial charge in [0.1, 0.15) is 0 Å². The van der Waals surface area contributed by atoms with Gasteiger partial charge in [0.2, 0.25) is 0 Å². The number of halogens is 1. The Morgan fingerprint density at radius 3 is 2.68 bits per heavy atom. The second-order valence-corrected chi connectivity index (χ2v) is 5.95. The molecule has 1 heterocycles. The average Bonchev–Trinajstić information content (AvgIpc) is 2.64. The highest BCUT2D eigenvalue weighted by atomic mass is 79.9. The molecule has 1 N–H and O–H groups in total. The lowest BCUT2D eigenvalue weighted by Gasteiger charge is -2.08. The summed E-state index contributed by atoms with van der Waals surface area (Å²) in [5.74, 6) is 0.714. The van der Waals surface area contributed by atoms with E-state index in [4.69, 9.17) is 4.74 Å². The van der Waals surface area contributed by atoms with Gasteiger partial charge in [-0.25, -0.2) is 0 Å². The number of aryl methyl sites for hydroxylation is 2. The van der Waals surface area contributed by atoms with Crippen LogP contribution >= 0.6 is 15.9 Å². The Morgan fingerprint density at radius 1 is 1.37 bits per heavy atom. The summed E-state index contributed by atoms with van der Waals surface area (Å²) in [4.78, 5) is 0. The lowest BCUT2D eigenvalue weighted by molar-refractivity contribution is 0.125. The standard InChI is InChI=1S/C14H26BrN3O/c1-5-12-14(15)13(18(4)17-12)10-16-7-9-19-8-6-11(2)3/h11,16H,5-10H2,1-4H3. The number of aromatic nitrogens is 2. The fourth-order valence-electron chi connectivity index (χ4n) is 1.78. The lowest BCUT2D eigenvalue weighted by Crippen LogP contribution is -2.21. The van der Waals surface area contributed by atoms with Crippen LogP contribution in [0.4, 0.5) is 0 Å². The Kier molecular flexibility index (Phi) is 7.64. The van der Waals surface area contributed by atoms with E-state index in [0.29, 0.717) is 5.92 Å². The summed E-state index contributed by atoms with van der Waals surface area (Å²) in [7, 11) is 1.99. The molecule has 19 heavy (non-hydrogen) atoms. The molecular weight excluding hydrogens is 306 g/mol. The maximum Gasteiger partial charge on any atom is 0.0767 e. The first-order valence-corrected chi connectivity index (χ1v) is 7.84. The van der Waals surface area contributed by atoms with Crippen LogP contribution in [0.15, 0.2) is 4.47 Å². The molecule has 0 aliphatic carbocycles. The zero-order valence-electron chi connectivity index (χ0n) is 12.5. The van der Waals surface area contributed by atoms with E-state index in [1.165, 1.54) is 5.69 Å². The maximum absolute atomic E-state index is 5.57. The highest BCUT2D eigenvalue weighted by Gasteiger charge is 2.11. The summed E-state index contributed by atoms with van der Waals surface area (Å²) >= 11 is 3.62. The molecule has 0 saturated carbocycles. The summed E-state index contributed by atoms with van der Waals surface area (Å²) < 4.78 is 8.64. The fraction of sp³-hybridized carbons (Fsp3) is 0.786. The van der Waals surface area contributed by atoms with Crippen LogP contribution in [-0.2, 0) is 24.8 Å². The molecule has 0 saturated heterocycles. The van der Waals surface area contributed by atoms with E-state index in [1.807, 2.05) is 11.7 Å². The molecule has 5 heteroatoms. The van der Waals surface area contributed by atoms with Gasteiger partial charge in [-0.2, -0.15) is 5.10 Å². The van der Waals surface area contributed by atoms with Gasteiger partial charge in [0.15, 0.2) is 0 Å². The van der Waals surface area contributed by atoms with Gasteiger partial charge in [0.05, 0.1) is 22.5 Å². The monoisotopic (exact) mass is 331 g/mol. The molecular formula is C14H26BrN3O. The molecule has 0 amide bonds. The molecule has 0 atom stereocenters. The topological polar surface area (TPSA) is 39.1 Å². The van der Waals surface area contributed by atoms with Crippen molar-refractivity contribution in [2.24, 2.45) is 13.0 Å². The fourth-order valence-corrected chi connectivity index (χ4v) is 2.54. The molecule has 1 aromatic heterocycles. The number of rotatable bonds is 9. The van der Waals surface area contributed by atoms with Gasteiger partial charge in [0, 0.05) is 26.7 Å². The molecule has 0 spiro atoms. The average molecular weight is 332 g/mol. The third kappa shape index (κ3) is 5.63. The first kappa shape index (κ1) is 16.7. The minimum absolute atomic E-state index is 0.714. The van der Waals surface area contributed by atoms with Crippen LogP contribution in [0.5, 0.6) is 0 Å². The minimum atomic E-state index is 0.714. The second-order valence-electron chi connectivity index (χ2n) is 5.16. The van der Waals surface area contributed by atoms with E-state index in [1.54, 1.807) is 0 Å². The molecule has 1 rings (SSSR count). The van der Waals surface area contributed by atoms with Gasteiger partial charge in [-0.05, 0) is 34.7 Å². The van der Waals surface area contributed by atoms with Crippen LogP contribution in [0, 0.1) is 5.92 Å². The number of nitrogens with zero attached hydrogens (tertiary/aromatic N) is 2. The Labute approximate surface area is 125 Å². The summed E-state index contributed by atoms with van der Waals surface area (Å²) in [6.07, 6.45) is 2.08. The van der Waals surface area contributed by atoms with E-state index >= 15 is 0 Å². The zero-order valence-corrected chi connectivity index (χ0v) is 14.1. The Hall–Kier alpha value is -0.390. The Balaban J connectivity index is 2.21. The van der Waals surface area contributed by atoms with Gasteiger partial charge >= 0.3 is 0 Å². The van der Waals surface area contributed by atoms with E-state index in [0.717, 1.165) is 49.3 Å². The highest BCUT2D eigenvalue weighted by Crippen LogP contribution is 2.21. The van der Waals surface area contributed by atoms with Crippen molar-refractivity contribution in [2.75, 3.05) is 19.8 Å². The largest absolute Gasteiger partial charge is 0.380 e. The van der Waals surface area contributed by atoms with E-state index in [2.05, 4.69) is 47.1 Å². The quantitative estimate of drug-likeness (QED) is 0.707. The number of ether oxygens (including phenoxy) is 1. The normalized spacial score (nSPS) is 11.5. The van der Waals surface area contributed by atoms with Crippen LogP contribution in [0.3, 0.4) is 0 Å². The molecule has 110 valence electrons. The molecule has 0 aliphatic heterocycles. The van der Waals surface area contributed by atoms with Gasteiger partial charge in [0.25, 0.3) is 0 Å². The number of hydrogen-bond donors (Lipinski definition) is 1. The third-order valence-corrected chi connectivity index (χ3v) is 3.97. The summed E-state index contributed by atoms with van der Waals surface area (Å²) in [5, 5.41) is 7.87. The minimum Gasteiger partial charge on any atom is -0.380 e. The van der Waals surface area contributed by atoms with Crippen LogP contribution in [-0.4, -0.2) is 29.5 Å². The maximum atomic E-state index is 5.57. The van der Waals surface area contributed by atoms with Crippen molar-refractivity contribution in [3.05, 3.63) is 15.9 Å². The molecule has 0 bridgehead atoms. The second kappa shape index (κ2) is 8.72. The summed E-state index contributed by atoms with van der Waals surface area (Å²) in [6.45, 7) is 9.86. The molecule has 0 aromatic carbocycles.